The minimum atomic E-state index is 0.376. The van der Waals surface area contributed by atoms with Gasteiger partial charge in [0.2, 0.25) is 0 Å². The number of nitrogens with two attached hydrogens (primary N) is 2. The fourth-order valence-corrected chi connectivity index (χ4v) is 1.22. The molecule has 0 aromatic carbocycles. The molecular weight excluding hydrogens is 255 g/mol. The van der Waals surface area contributed by atoms with Gasteiger partial charge in [0.05, 0.1) is 0 Å². The van der Waals surface area contributed by atoms with Crippen molar-refractivity contribution in [2.24, 2.45) is 0 Å². The van der Waals surface area contributed by atoms with Crippen LogP contribution in [0.5, 0.6) is 0 Å². The van der Waals surface area contributed by atoms with E-state index in [1.165, 1.54) is 0 Å². The molecule has 4 N–H and O–H groups in total. The highest BCUT2D eigenvalue weighted by atomic mass is 127. The molecule has 0 unspecified atom stereocenters. The molecule has 0 radical (unpaired) electrons. The third-order valence-electron chi connectivity index (χ3n) is 1.29. The molecule has 1 heterocycles. The topological polar surface area (TPSA) is 77.8 Å². The van der Waals surface area contributed by atoms with Crippen molar-refractivity contribution in [2.75, 3.05) is 11.5 Å². The lowest BCUT2D eigenvalue weighted by molar-refractivity contribution is 0.935. The van der Waals surface area contributed by atoms with Crippen LogP contribution in [0, 0.1) is 3.70 Å². The number of halogens is 1. The van der Waals surface area contributed by atoms with Gasteiger partial charge in [-0.15, -0.1) is 0 Å². The maximum Gasteiger partial charge on any atom is 0.151 e. The monoisotopic (exact) mass is 264 g/mol. The first kappa shape index (κ1) is 8.51. The summed E-state index contributed by atoms with van der Waals surface area (Å²) in [5, 5.41) is 0. The summed E-state index contributed by atoms with van der Waals surface area (Å²) in [6.45, 7) is 1.97. The summed E-state index contributed by atoms with van der Waals surface area (Å²) in [4.78, 5) is 8.11. The van der Waals surface area contributed by atoms with Gasteiger partial charge in [0, 0.05) is 6.42 Å². The Morgan fingerprint density at radius 3 is 2.45 bits per heavy atom. The quantitative estimate of drug-likeness (QED) is 0.581. The minimum absolute atomic E-state index is 0.376. The molecule has 60 valence electrons. The molecule has 4 nitrogen and oxygen atoms in total. The van der Waals surface area contributed by atoms with Crippen molar-refractivity contribution >= 4 is 34.1 Å². The van der Waals surface area contributed by atoms with E-state index >= 15 is 0 Å². The van der Waals surface area contributed by atoms with E-state index in [0.29, 0.717) is 11.5 Å². The lowest BCUT2D eigenvalue weighted by atomic mass is 10.4. The third-order valence-corrected chi connectivity index (χ3v) is 2.11. The van der Waals surface area contributed by atoms with E-state index in [1.54, 1.807) is 0 Å². The molecule has 0 aliphatic carbocycles. The summed E-state index contributed by atoms with van der Waals surface area (Å²) in [7, 11) is 0. The average molecular weight is 264 g/mol. The normalized spacial score (nSPS) is 10.0. The van der Waals surface area contributed by atoms with Gasteiger partial charge in [0.1, 0.15) is 15.2 Å². The molecule has 0 amide bonds. The Balaban J connectivity index is 3.21. The molecule has 0 saturated heterocycles. The van der Waals surface area contributed by atoms with Crippen molar-refractivity contribution in [2.45, 2.75) is 13.3 Å². The van der Waals surface area contributed by atoms with Crippen molar-refractivity contribution < 1.29 is 0 Å². The summed E-state index contributed by atoms with van der Waals surface area (Å²) >= 11 is 2.04. The van der Waals surface area contributed by atoms with Crippen LogP contribution < -0.4 is 11.5 Å². The second-order valence-electron chi connectivity index (χ2n) is 2.08. The largest absolute Gasteiger partial charge is 0.394 e. The van der Waals surface area contributed by atoms with E-state index in [1.807, 2.05) is 29.5 Å². The van der Waals surface area contributed by atoms with Gasteiger partial charge >= 0.3 is 0 Å². The molecule has 0 spiro atoms. The van der Waals surface area contributed by atoms with Crippen molar-refractivity contribution in [3.63, 3.8) is 0 Å². The maximum absolute atomic E-state index is 5.55. The summed E-state index contributed by atoms with van der Waals surface area (Å²) in [5.74, 6) is 1.11. The van der Waals surface area contributed by atoms with Crippen LogP contribution in [0.15, 0.2) is 0 Å². The Hall–Kier alpha value is -0.590. The lowest BCUT2D eigenvalue weighted by Crippen LogP contribution is -2.06. The Bertz CT molecular complexity index is 250. The van der Waals surface area contributed by atoms with Crippen LogP contribution in [0.2, 0.25) is 0 Å². The predicted molar refractivity (Wildman–Crippen MR) is 53.0 cm³/mol. The molecule has 11 heavy (non-hydrogen) atoms. The van der Waals surface area contributed by atoms with Crippen LogP contribution >= 0.6 is 22.6 Å². The SMILES string of the molecule is CCc1nc(N)c(N)c(I)n1. The zero-order valence-electron chi connectivity index (χ0n) is 6.13. The first-order valence-corrected chi connectivity index (χ1v) is 4.30. The van der Waals surface area contributed by atoms with Gasteiger partial charge in [-0.1, -0.05) is 6.92 Å². The number of nitrogen functional groups attached to an aromatic ring is 2. The van der Waals surface area contributed by atoms with Gasteiger partial charge in [0.15, 0.2) is 5.82 Å². The molecule has 0 fully saturated rings. The first-order valence-electron chi connectivity index (χ1n) is 3.22. The van der Waals surface area contributed by atoms with Crippen LogP contribution in [0.3, 0.4) is 0 Å². The third kappa shape index (κ3) is 1.70. The zero-order valence-corrected chi connectivity index (χ0v) is 8.29. The van der Waals surface area contributed by atoms with Crippen molar-refractivity contribution in [1.82, 2.24) is 9.97 Å². The molecule has 0 atom stereocenters. The molecule has 1 aromatic rings. The minimum Gasteiger partial charge on any atom is -0.394 e. The summed E-state index contributed by atoms with van der Waals surface area (Å²) in [5.41, 5.74) is 11.5. The Morgan fingerprint density at radius 2 is 2.00 bits per heavy atom. The predicted octanol–water partition coefficient (Wildman–Crippen LogP) is 0.808. The Kier molecular flexibility index (Phi) is 2.48. The number of rotatable bonds is 1. The van der Waals surface area contributed by atoms with Gasteiger partial charge < -0.3 is 11.5 Å². The Morgan fingerprint density at radius 1 is 1.36 bits per heavy atom. The van der Waals surface area contributed by atoms with Crippen LogP contribution in [-0.2, 0) is 6.42 Å². The molecule has 0 aliphatic rings. The summed E-state index contributed by atoms with van der Waals surface area (Å²) < 4.78 is 0.729. The van der Waals surface area contributed by atoms with E-state index in [9.17, 15) is 0 Å². The Labute approximate surface area is 78.5 Å². The highest BCUT2D eigenvalue weighted by molar-refractivity contribution is 14.1. The van der Waals surface area contributed by atoms with Crippen molar-refractivity contribution in [3.8, 4) is 0 Å². The van der Waals surface area contributed by atoms with Crippen LogP contribution in [-0.4, -0.2) is 9.97 Å². The van der Waals surface area contributed by atoms with E-state index in [4.69, 9.17) is 11.5 Å². The van der Waals surface area contributed by atoms with Gasteiger partial charge in [-0.2, -0.15) is 0 Å². The molecule has 5 heteroatoms. The highest BCUT2D eigenvalue weighted by Gasteiger charge is 2.04. The molecule has 1 aromatic heterocycles. The summed E-state index contributed by atoms with van der Waals surface area (Å²) in [6.07, 6.45) is 0.778. The smallest absolute Gasteiger partial charge is 0.151 e. The second kappa shape index (κ2) is 3.21. The lowest BCUT2D eigenvalue weighted by Gasteiger charge is -2.02. The molecular formula is C6H9IN4. The molecule has 0 saturated carbocycles. The van der Waals surface area contributed by atoms with E-state index in [-0.39, 0.29) is 0 Å². The van der Waals surface area contributed by atoms with Crippen molar-refractivity contribution in [1.29, 1.82) is 0 Å². The molecule has 0 bridgehead atoms. The maximum atomic E-state index is 5.55. The van der Waals surface area contributed by atoms with Crippen molar-refractivity contribution in [3.05, 3.63) is 9.53 Å². The van der Waals surface area contributed by atoms with Gasteiger partial charge in [-0.3, -0.25) is 0 Å². The number of hydrogen-bond acceptors (Lipinski definition) is 4. The first-order chi connectivity index (χ1) is 5.15. The number of nitrogens with zero attached hydrogens (tertiary/aromatic N) is 2. The average Bonchev–Trinajstić information content (AvgIpc) is 1.99. The van der Waals surface area contributed by atoms with Crippen LogP contribution in [0.25, 0.3) is 0 Å². The van der Waals surface area contributed by atoms with E-state index in [0.717, 1.165) is 15.9 Å². The molecule has 1 rings (SSSR count). The fraction of sp³-hybridized carbons (Fsp3) is 0.333. The number of hydrogen-bond donors (Lipinski definition) is 2. The summed E-state index contributed by atoms with van der Waals surface area (Å²) in [6, 6.07) is 0. The zero-order chi connectivity index (χ0) is 8.43. The fourth-order valence-electron chi connectivity index (χ4n) is 0.662. The molecule has 0 aliphatic heterocycles. The number of aryl methyl sites for hydroxylation is 1. The van der Waals surface area contributed by atoms with Crippen LogP contribution in [0.1, 0.15) is 12.7 Å². The van der Waals surface area contributed by atoms with Gasteiger partial charge in [0.25, 0.3) is 0 Å². The standard InChI is InChI=1S/C6H9IN4/c1-2-3-10-5(7)4(8)6(9)11-3/h2,8H2,1H3,(H2,9,10,11). The highest BCUT2D eigenvalue weighted by Crippen LogP contribution is 2.17. The van der Waals surface area contributed by atoms with Gasteiger partial charge in [-0.05, 0) is 22.6 Å². The van der Waals surface area contributed by atoms with E-state index < -0.39 is 0 Å². The number of aromatic nitrogens is 2. The van der Waals surface area contributed by atoms with Gasteiger partial charge in [-0.25, -0.2) is 9.97 Å². The second-order valence-corrected chi connectivity index (χ2v) is 3.10. The van der Waals surface area contributed by atoms with Crippen LogP contribution in [0.4, 0.5) is 11.5 Å². The number of anilines is 2. The van der Waals surface area contributed by atoms with E-state index in [2.05, 4.69) is 9.97 Å².